The second kappa shape index (κ2) is 5.23. The van der Waals surface area contributed by atoms with Crippen molar-refractivity contribution in [1.29, 1.82) is 0 Å². The molecule has 0 aliphatic heterocycles. The molecule has 1 unspecified atom stereocenters. The molecule has 3 nitrogen and oxygen atoms in total. The summed E-state index contributed by atoms with van der Waals surface area (Å²) in [6.07, 6.45) is -0.952. The van der Waals surface area contributed by atoms with Crippen molar-refractivity contribution >= 4 is 43.3 Å². The minimum absolute atomic E-state index is 0.515. The van der Waals surface area contributed by atoms with Gasteiger partial charge in [0.2, 0.25) is 0 Å². The van der Waals surface area contributed by atoms with Gasteiger partial charge in [-0.25, -0.2) is 4.79 Å². The molecule has 0 fully saturated rings. The van der Waals surface area contributed by atoms with E-state index in [2.05, 4.69) is 15.9 Å². The lowest BCUT2D eigenvalue weighted by molar-refractivity contribution is -0.160. The molecule has 102 valence electrons. The van der Waals surface area contributed by atoms with Gasteiger partial charge in [0.1, 0.15) is 0 Å². The molecule has 1 aromatic carbocycles. The molecule has 0 aliphatic carbocycles. The second-order valence-corrected chi connectivity index (χ2v) is 7.10. The van der Waals surface area contributed by atoms with Gasteiger partial charge in [-0.3, -0.25) is 0 Å². The first-order valence-corrected chi connectivity index (χ1v) is 7.48. The van der Waals surface area contributed by atoms with Crippen LogP contribution in [0.4, 0.5) is 0 Å². The number of aliphatic carboxylic acids is 1. The van der Waals surface area contributed by atoms with Gasteiger partial charge >= 0.3 is 5.97 Å². The van der Waals surface area contributed by atoms with Crippen LogP contribution in [-0.2, 0) is 9.53 Å². The number of ether oxygens (including phenoxy) is 1. The van der Waals surface area contributed by atoms with Crippen LogP contribution in [0, 0.1) is 0 Å². The molecule has 0 saturated heterocycles. The first-order chi connectivity index (χ1) is 8.79. The Labute approximate surface area is 124 Å². The van der Waals surface area contributed by atoms with E-state index in [-0.39, 0.29) is 0 Å². The smallest absolute Gasteiger partial charge is 0.338 e. The van der Waals surface area contributed by atoms with Gasteiger partial charge in [0, 0.05) is 14.6 Å². The van der Waals surface area contributed by atoms with Crippen molar-refractivity contribution in [2.75, 3.05) is 0 Å². The zero-order chi connectivity index (χ0) is 14.2. The van der Waals surface area contributed by atoms with Gasteiger partial charge in [-0.1, -0.05) is 18.2 Å². The fraction of sp³-hybridized carbons (Fsp3) is 0.357. The average molecular weight is 343 g/mol. The Morgan fingerprint density at radius 2 is 2.00 bits per heavy atom. The highest BCUT2D eigenvalue weighted by Gasteiger charge is 2.30. The lowest BCUT2D eigenvalue weighted by Crippen LogP contribution is -2.26. The normalized spacial score (nSPS) is 13.7. The Bertz CT molecular complexity index is 613. The van der Waals surface area contributed by atoms with E-state index in [1.165, 1.54) is 11.3 Å². The summed E-state index contributed by atoms with van der Waals surface area (Å²) in [6, 6.07) is 7.82. The van der Waals surface area contributed by atoms with E-state index in [1.54, 1.807) is 0 Å². The molecule has 1 N–H and O–H groups in total. The standard InChI is InChI=1S/C14H15BrO3S/c1-14(2,3)18-11(13(16)17)12-10(15)8-6-4-5-7-9(8)19-12/h4-7,11H,1-3H3,(H,16,17). The van der Waals surface area contributed by atoms with Crippen molar-refractivity contribution in [2.45, 2.75) is 32.5 Å². The Hall–Kier alpha value is -0.910. The third-order valence-electron chi connectivity index (χ3n) is 2.49. The molecule has 2 aromatic rings. The maximum Gasteiger partial charge on any atom is 0.338 e. The van der Waals surface area contributed by atoms with E-state index in [1.807, 2.05) is 45.0 Å². The Morgan fingerprint density at radius 1 is 1.37 bits per heavy atom. The Morgan fingerprint density at radius 3 is 2.53 bits per heavy atom. The maximum absolute atomic E-state index is 11.5. The molecule has 0 saturated carbocycles. The van der Waals surface area contributed by atoms with E-state index >= 15 is 0 Å². The number of hydrogen-bond donors (Lipinski definition) is 1. The zero-order valence-corrected chi connectivity index (χ0v) is 13.3. The lowest BCUT2D eigenvalue weighted by atomic mass is 10.1. The van der Waals surface area contributed by atoms with Crippen molar-refractivity contribution in [3.63, 3.8) is 0 Å². The predicted molar refractivity (Wildman–Crippen MR) is 80.7 cm³/mol. The molecule has 0 bridgehead atoms. The van der Waals surface area contributed by atoms with Crippen molar-refractivity contribution in [3.05, 3.63) is 33.6 Å². The SMILES string of the molecule is CC(C)(C)OC(C(=O)O)c1sc2ccccc2c1Br. The second-order valence-electron chi connectivity index (χ2n) is 5.22. The molecule has 1 heterocycles. The van der Waals surface area contributed by atoms with Gasteiger partial charge in [0.05, 0.1) is 10.5 Å². The fourth-order valence-electron chi connectivity index (χ4n) is 1.77. The molecule has 5 heteroatoms. The summed E-state index contributed by atoms with van der Waals surface area (Å²) in [5, 5.41) is 10.4. The average Bonchev–Trinajstić information content (AvgIpc) is 2.63. The summed E-state index contributed by atoms with van der Waals surface area (Å²) in [6.45, 7) is 5.55. The van der Waals surface area contributed by atoms with Crippen LogP contribution < -0.4 is 0 Å². The van der Waals surface area contributed by atoms with Crippen LogP contribution in [0.25, 0.3) is 10.1 Å². The minimum Gasteiger partial charge on any atom is -0.479 e. The van der Waals surface area contributed by atoms with Crippen LogP contribution >= 0.6 is 27.3 Å². The van der Waals surface area contributed by atoms with Crippen LogP contribution in [0.15, 0.2) is 28.7 Å². The molecule has 0 radical (unpaired) electrons. The quantitative estimate of drug-likeness (QED) is 0.886. The molecule has 19 heavy (non-hydrogen) atoms. The van der Waals surface area contributed by atoms with Crippen LogP contribution in [-0.4, -0.2) is 16.7 Å². The van der Waals surface area contributed by atoms with Crippen molar-refractivity contribution in [3.8, 4) is 0 Å². The van der Waals surface area contributed by atoms with Gasteiger partial charge in [0.25, 0.3) is 0 Å². The van der Waals surface area contributed by atoms with E-state index in [9.17, 15) is 9.90 Å². The molecule has 0 spiro atoms. The van der Waals surface area contributed by atoms with E-state index < -0.39 is 17.7 Å². The van der Waals surface area contributed by atoms with Crippen LogP contribution in [0.1, 0.15) is 31.8 Å². The third kappa shape index (κ3) is 3.16. The van der Waals surface area contributed by atoms with Crippen molar-refractivity contribution in [1.82, 2.24) is 0 Å². The monoisotopic (exact) mass is 342 g/mol. The molecule has 0 aliphatic rings. The number of carbonyl (C=O) groups is 1. The number of fused-ring (bicyclic) bond motifs is 1. The number of benzene rings is 1. The van der Waals surface area contributed by atoms with Gasteiger partial charge in [0.15, 0.2) is 6.10 Å². The molecule has 1 atom stereocenters. The Balaban J connectivity index is 2.50. The van der Waals surface area contributed by atoms with Gasteiger partial charge in [-0.15, -0.1) is 11.3 Å². The van der Waals surface area contributed by atoms with Crippen LogP contribution in [0.2, 0.25) is 0 Å². The number of carboxylic acids is 1. The molecular weight excluding hydrogens is 328 g/mol. The largest absolute Gasteiger partial charge is 0.479 e. The fourth-order valence-corrected chi connectivity index (χ4v) is 3.82. The highest BCUT2D eigenvalue weighted by atomic mass is 79.9. The first kappa shape index (κ1) is 14.5. The molecule has 0 amide bonds. The van der Waals surface area contributed by atoms with E-state index in [4.69, 9.17) is 4.74 Å². The lowest BCUT2D eigenvalue weighted by Gasteiger charge is -2.24. The number of rotatable bonds is 3. The molecule has 1 aromatic heterocycles. The Kier molecular flexibility index (Phi) is 3.99. The van der Waals surface area contributed by atoms with Gasteiger partial charge in [-0.05, 0) is 42.8 Å². The third-order valence-corrected chi connectivity index (χ3v) is 4.82. The highest BCUT2D eigenvalue weighted by Crippen LogP contribution is 2.41. The first-order valence-electron chi connectivity index (χ1n) is 5.87. The van der Waals surface area contributed by atoms with Gasteiger partial charge in [-0.2, -0.15) is 0 Å². The molecule has 2 rings (SSSR count). The van der Waals surface area contributed by atoms with E-state index in [0.717, 1.165) is 14.6 Å². The van der Waals surface area contributed by atoms with E-state index in [0.29, 0.717) is 4.88 Å². The number of halogens is 1. The molecular formula is C14H15BrO3S. The summed E-state index contributed by atoms with van der Waals surface area (Å²) < 4.78 is 7.54. The minimum atomic E-state index is -0.970. The summed E-state index contributed by atoms with van der Waals surface area (Å²) in [7, 11) is 0. The maximum atomic E-state index is 11.5. The summed E-state index contributed by atoms with van der Waals surface area (Å²) in [5.74, 6) is -0.970. The predicted octanol–water partition coefficient (Wildman–Crippen LogP) is 4.60. The van der Waals surface area contributed by atoms with Crippen LogP contribution in [0.5, 0.6) is 0 Å². The number of hydrogen-bond acceptors (Lipinski definition) is 3. The topological polar surface area (TPSA) is 46.5 Å². The zero-order valence-electron chi connectivity index (χ0n) is 10.9. The number of carboxylic acid groups (broad SMARTS) is 1. The summed E-state index contributed by atoms with van der Waals surface area (Å²) >= 11 is 4.94. The van der Waals surface area contributed by atoms with Gasteiger partial charge < -0.3 is 9.84 Å². The van der Waals surface area contributed by atoms with Crippen molar-refractivity contribution < 1.29 is 14.6 Å². The summed E-state index contributed by atoms with van der Waals surface area (Å²) in [4.78, 5) is 12.2. The highest BCUT2D eigenvalue weighted by molar-refractivity contribution is 9.10. The summed E-state index contributed by atoms with van der Waals surface area (Å²) in [5.41, 5.74) is -0.515. The van der Waals surface area contributed by atoms with Crippen molar-refractivity contribution in [2.24, 2.45) is 0 Å². The number of thiophene rings is 1. The van der Waals surface area contributed by atoms with Crippen LogP contribution in [0.3, 0.4) is 0 Å².